The van der Waals surface area contributed by atoms with Crippen molar-refractivity contribution in [3.63, 3.8) is 0 Å². The van der Waals surface area contributed by atoms with Gasteiger partial charge in [0.25, 0.3) is 0 Å². The molecule has 1 aliphatic rings. The highest BCUT2D eigenvalue weighted by Crippen LogP contribution is 2.19. The lowest BCUT2D eigenvalue weighted by Gasteiger charge is -2.34. The second-order valence-electron chi connectivity index (χ2n) is 10.1. The van der Waals surface area contributed by atoms with E-state index in [0.29, 0.717) is 18.9 Å². The van der Waals surface area contributed by atoms with Crippen molar-refractivity contribution in [3.05, 3.63) is 71.8 Å². The molecule has 39 heavy (non-hydrogen) atoms. The van der Waals surface area contributed by atoms with Crippen molar-refractivity contribution in [3.8, 4) is 5.75 Å². The summed E-state index contributed by atoms with van der Waals surface area (Å²) in [4.78, 5) is 41.5. The second-order valence-corrected chi connectivity index (χ2v) is 10.1. The van der Waals surface area contributed by atoms with E-state index in [2.05, 4.69) is 16.0 Å². The number of amides is 3. The fraction of sp³-hybridized carbons (Fsp3) is 0.433. The normalized spacial score (nSPS) is 23.5. The van der Waals surface area contributed by atoms with Crippen LogP contribution in [-0.2, 0) is 20.8 Å². The standard InChI is InChI=1S/C30H40N4O5/c1-20(2)26-30(38)34(4)27(21(3)35)29(37)33-24(19-22-11-6-5-7-12-22)28(36)32-16-10-14-23-13-8-9-15-25(23)39-18-17-31-26/h5-15,20-21,24,26-27,31,35H,16-19H2,1-4H3,(H,32,36)(H,33,37)/b14-10+/t21?,24-,26+,27+/m1/s1. The van der Waals surface area contributed by atoms with Crippen LogP contribution in [0.5, 0.6) is 5.75 Å². The first-order valence-electron chi connectivity index (χ1n) is 13.4. The summed E-state index contributed by atoms with van der Waals surface area (Å²) in [7, 11) is 1.50. The highest BCUT2D eigenvalue weighted by atomic mass is 16.5. The minimum atomic E-state index is -1.19. The molecule has 1 aliphatic heterocycles. The van der Waals surface area contributed by atoms with Gasteiger partial charge in [0, 0.05) is 32.1 Å². The molecule has 9 heteroatoms. The maximum absolute atomic E-state index is 13.5. The molecule has 2 aromatic rings. The van der Waals surface area contributed by atoms with E-state index in [1.165, 1.54) is 18.9 Å². The number of fused-ring (bicyclic) bond motifs is 1. The molecule has 0 aliphatic carbocycles. The van der Waals surface area contributed by atoms with E-state index in [-0.39, 0.29) is 30.7 Å². The van der Waals surface area contributed by atoms with Gasteiger partial charge in [-0.3, -0.25) is 14.4 Å². The number of carbonyl (C=O) groups is 3. The Morgan fingerprint density at radius 1 is 1.00 bits per heavy atom. The third kappa shape index (κ3) is 8.40. The van der Waals surface area contributed by atoms with Crippen molar-refractivity contribution in [2.75, 3.05) is 26.7 Å². The minimum absolute atomic E-state index is 0.0879. The van der Waals surface area contributed by atoms with E-state index in [9.17, 15) is 19.5 Å². The molecule has 0 saturated carbocycles. The first kappa shape index (κ1) is 29.9. The van der Waals surface area contributed by atoms with Crippen molar-refractivity contribution in [2.24, 2.45) is 5.92 Å². The number of para-hydroxylation sites is 1. The maximum atomic E-state index is 13.5. The topological polar surface area (TPSA) is 120 Å². The van der Waals surface area contributed by atoms with Gasteiger partial charge in [-0.1, -0.05) is 74.5 Å². The number of aliphatic hydroxyl groups is 1. The van der Waals surface area contributed by atoms with Crippen LogP contribution in [0.3, 0.4) is 0 Å². The van der Waals surface area contributed by atoms with Gasteiger partial charge in [-0.25, -0.2) is 0 Å². The highest BCUT2D eigenvalue weighted by molar-refractivity contribution is 5.93. The number of hydrogen-bond donors (Lipinski definition) is 4. The lowest BCUT2D eigenvalue weighted by atomic mass is 10.00. The van der Waals surface area contributed by atoms with Crippen molar-refractivity contribution >= 4 is 23.8 Å². The van der Waals surface area contributed by atoms with Crippen LogP contribution >= 0.6 is 0 Å². The first-order chi connectivity index (χ1) is 18.7. The molecule has 2 aromatic carbocycles. The van der Waals surface area contributed by atoms with E-state index in [0.717, 1.165) is 11.1 Å². The molecular weight excluding hydrogens is 496 g/mol. The molecule has 9 nitrogen and oxygen atoms in total. The maximum Gasteiger partial charge on any atom is 0.246 e. The Morgan fingerprint density at radius 2 is 1.69 bits per heavy atom. The third-order valence-corrected chi connectivity index (χ3v) is 6.67. The Hall–Kier alpha value is -3.69. The van der Waals surface area contributed by atoms with Crippen LogP contribution in [0.15, 0.2) is 60.7 Å². The Kier molecular flexibility index (Phi) is 11.1. The third-order valence-electron chi connectivity index (χ3n) is 6.67. The number of hydrogen-bond acceptors (Lipinski definition) is 6. The molecule has 0 bridgehead atoms. The molecule has 1 heterocycles. The van der Waals surface area contributed by atoms with Gasteiger partial charge in [0.05, 0.1) is 12.1 Å². The molecule has 4 N–H and O–H groups in total. The Labute approximate surface area is 230 Å². The van der Waals surface area contributed by atoms with Crippen LogP contribution in [0.4, 0.5) is 0 Å². The Bertz CT molecular complexity index is 1140. The SMILES string of the molecule is CC(C)[C@@H]1NCCOc2ccccc2/C=C/CNC(=O)[C@@H](Cc2ccccc2)NC(=O)[C@H](C(C)O)N(C)C1=O. The van der Waals surface area contributed by atoms with Crippen LogP contribution < -0.4 is 20.7 Å². The number of aliphatic hydroxyl groups excluding tert-OH is 1. The molecule has 0 saturated heterocycles. The van der Waals surface area contributed by atoms with Crippen LogP contribution in [0, 0.1) is 5.92 Å². The van der Waals surface area contributed by atoms with Crippen molar-refractivity contribution in [1.29, 1.82) is 0 Å². The zero-order chi connectivity index (χ0) is 28.4. The summed E-state index contributed by atoms with van der Waals surface area (Å²) in [5, 5.41) is 19.4. The molecule has 1 unspecified atom stereocenters. The highest BCUT2D eigenvalue weighted by Gasteiger charge is 2.36. The van der Waals surface area contributed by atoms with Crippen molar-refractivity contribution in [2.45, 2.75) is 51.4 Å². The molecule has 0 spiro atoms. The zero-order valence-corrected chi connectivity index (χ0v) is 23.1. The number of rotatable bonds is 4. The first-order valence-corrected chi connectivity index (χ1v) is 13.4. The summed E-state index contributed by atoms with van der Waals surface area (Å²) in [6.45, 7) is 6.25. The van der Waals surface area contributed by atoms with Gasteiger partial charge in [-0.05, 0) is 24.5 Å². The summed E-state index contributed by atoms with van der Waals surface area (Å²) in [6.07, 6.45) is 2.78. The number of benzene rings is 2. The minimum Gasteiger partial charge on any atom is -0.492 e. The summed E-state index contributed by atoms with van der Waals surface area (Å²) in [6, 6.07) is 14.2. The molecule has 4 atom stereocenters. The molecular formula is C30H40N4O5. The van der Waals surface area contributed by atoms with E-state index < -0.39 is 30.1 Å². The van der Waals surface area contributed by atoms with Crippen LogP contribution in [0.1, 0.15) is 31.9 Å². The number of nitrogens with zero attached hydrogens (tertiary/aromatic N) is 1. The number of carbonyl (C=O) groups excluding carboxylic acids is 3. The quantitative estimate of drug-likeness (QED) is 0.473. The van der Waals surface area contributed by atoms with Crippen molar-refractivity contribution in [1.82, 2.24) is 20.9 Å². The summed E-state index contributed by atoms with van der Waals surface area (Å²) in [5.41, 5.74) is 1.72. The molecule has 0 radical (unpaired) electrons. The molecule has 0 aromatic heterocycles. The van der Waals surface area contributed by atoms with Crippen LogP contribution in [0.25, 0.3) is 6.08 Å². The zero-order valence-electron chi connectivity index (χ0n) is 23.1. The second kappa shape index (κ2) is 14.5. The largest absolute Gasteiger partial charge is 0.492 e. The predicted octanol–water partition coefficient (Wildman–Crippen LogP) is 1.76. The van der Waals surface area contributed by atoms with Gasteiger partial charge in [0.15, 0.2) is 0 Å². The molecule has 0 fully saturated rings. The molecule has 3 amide bonds. The lowest BCUT2D eigenvalue weighted by Crippen LogP contribution is -2.60. The van der Waals surface area contributed by atoms with Gasteiger partial charge in [0.1, 0.15) is 24.4 Å². The molecule has 210 valence electrons. The Morgan fingerprint density at radius 3 is 2.38 bits per heavy atom. The fourth-order valence-corrected chi connectivity index (χ4v) is 4.59. The van der Waals surface area contributed by atoms with E-state index in [1.807, 2.05) is 80.6 Å². The molecule has 3 rings (SSSR count). The summed E-state index contributed by atoms with van der Waals surface area (Å²) >= 11 is 0. The van der Waals surface area contributed by atoms with E-state index in [4.69, 9.17) is 4.74 Å². The monoisotopic (exact) mass is 536 g/mol. The van der Waals surface area contributed by atoms with Crippen molar-refractivity contribution < 1.29 is 24.2 Å². The number of ether oxygens (including phenoxy) is 1. The predicted molar refractivity (Wildman–Crippen MR) is 151 cm³/mol. The van der Waals surface area contributed by atoms with Gasteiger partial charge in [-0.2, -0.15) is 0 Å². The number of likely N-dealkylation sites (N-methyl/N-ethyl adjacent to an activating group) is 1. The van der Waals surface area contributed by atoms with E-state index >= 15 is 0 Å². The van der Waals surface area contributed by atoms with Gasteiger partial charge in [-0.15, -0.1) is 0 Å². The van der Waals surface area contributed by atoms with Gasteiger partial charge < -0.3 is 30.7 Å². The van der Waals surface area contributed by atoms with Crippen LogP contribution in [-0.4, -0.2) is 78.7 Å². The Balaban J connectivity index is 1.94. The van der Waals surface area contributed by atoms with E-state index in [1.54, 1.807) is 0 Å². The number of nitrogens with one attached hydrogen (secondary N) is 3. The van der Waals surface area contributed by atoms with Crippen LogP contribution in [0.2, 0.25) is 0 Å². The summed E-state index contributed by atoms with van der Waals surface area (Å²) in [5.74, 6) is -0.707. The van der Waals surface area contributed by atoms with Gasteiger partial charge >= 0.3 is 0 Å². The lowest BCUT2D eigenvalue weighted by molar-refractivity contribution is -0.145. The van der Waals surface area contributed by atoms with Gasteiger partial charge in [0.2, 0.25) is 17.7 Å². The fourth-order valence-electron chi connectivity index (χ4n) is 4.59. The average Bonchev–Trinajstić information content (AvgIpc) is 2.90. The summed E-state index contributed by atoms with van der Waals surface area (Å²) < 4.78 is 5.97. The smallest absolute Gasteiger partial charge is 0.246 e. The average molecular weight is 537 g/mol.